The van der Waals surface area contributed by atoms with Crippen molar-refractivity contribution in [2.75, 3.05) is 0 Å². The van der Waals surface area contributed by atoms with Crippen molar-refractivity contribution in [3.63, 3.8) is 0 Å². The van der Waals surface area contributed by atoms with Crippen molar-refractivity contribution in [3.8, 4) is 0 Å². The third-order valence-corrected chi connectivity index (χ3v) is 6.81. The van der Waals surface area contributed by atoms with Crippen LogP contribution in [-0.2, 0) is 0 Å². The molecular formula is C32H30. The fourth-order valence-electron chi connectivity index (χ4n) is 5.01. The van der Waals surface area contributed by atoms with E-state index in [0.717, 1.165) is 0 Å². The zero-order valence-electron chi connectivity index (χ0n) is 19.4. The van der Waals surface area contributed by atoms with Crippen LogP contribution in [0.5, 0.6) is 0 Å². The normalized spacial score (nSPS) is 17.6. The van der Waals surface area contributed by atoms with Crippen molar-refractivity contribution in [3.05, 3.63) is 141 Å². The Morgan fingerprint density at radius 2 is 0.938 bits per heavy atom. The molecule has 4 aromatic carbocycles. The summed E-state index contributed by atoms with van der Waals surface area (Å²) in [4.78, 5) is 0. The van der Waals surface area contributed by atoms with Gasteiger partial charge in [0.25, 0.3) is 0 Å². The van der Waals surface area contributed by atoms with Gasteiger partial charge in [0.05, 0.1) is 0 Å². The molecular weight excluding hydrogens is 384 g/mol. The Morgan fingerprint density at radius 1 is 0.469 bits per heavy atom. The van der Waals surface area contributed by atoms with Gasteiger partial charge in [0.2, 0.25) is 0 Å². The van der Waals surface area contributed by atoms with Gasteiger partial charge in [-0.3, -0.25) is 0 Å². The fraction of sp³-hybridized carbons (Fsp3) is 0.188. The molecule has 158 valence electrons. The van der Waals surface area contributed by atoms with Gasteiger partial charge in [0.1, 0.15) is 0 Å². The van der Waals surface area contributed by atoms with E-state index >= 15 is 0 Å². The molecule has 0 heteroatoms. The van der Waals surface area contributed by atoms with E-state index in [0.29, 0.717) is 0 Å². The van der Waals surface area contributed by atoms with Crippen LogP contribution < -0.4 is 0 Å². The predicted molar refractivity (Wildman–Crippen MR) is 137 cm³/mol. The van der Waals surface area contributed by atoms with Crippen molar-refractivity contribution in [1.29, 1.82) is 0 Å². The van der Waals surface area contributed by atoms with Gasteiger partial charge in [0.15, 0.2) is 0 Å². The van der Waals surface area contributed by atoms with Gasteiger partial charge in [-0.25, -0.2) is 0 Å². The molecule has 0 aromatic heterocycles. The number of allylic oxidation sites excluding steroid dienone is 1. The molecule has 0 radical (unpaired) electrons. The molecule has 1 aliphatic carbocycles. The highest BCUT2D eigenvalue weighted by Crippen LogP contribution is 2.51. The third-order valence-electron chi connectivity index (χ3n) is 6.81. The topological polar surface area (TPSA) is 0 Å². The van der Waals surface area contributed by atoms with Gasteiger partial charge < -0.3 is 0 Å². The SMILES string of the molecule is Cc1ccc(C2=Cc3ccc(C)cc3[C@@H](c3ccc(C)cc3)[C@@H]2c2ccc(C)cc2)cc1. The van der Waals surface area contributed by atoms with Crippen molar-refractivity contribution >= 4 is 11.6 Å². The lowest BCUT2D eigenvalue weighted by Crippen LogP contribution is -2.19. The number of rotatable bonds is 3. The van der Waals surface area contributed by atoms with Gasteiger partial charge in [-0.1, -0.05) is 119 Å². The summed E-state index contributed by atoms with van der Waals surface area (Å²) in [5.74, 6) is 0.532. The first-order chi connectivity index (χ1) is 15.5. The van der Waals surface area contributed by atoms with Crippen LogP contribution in [-0.4, -0.2) is 0 Å². The Morgan fingerprint density at radius 3 is 1.50 bits per heavy atom. The number of hydrogen-bond acceptors (Lipinski definition) is 0. The lowest BCUT2D eigenvalue weighted by Gasteiger charge is -2.36. The van der Waals surface area contributed by atoms with Crippen LogP contribution >= 0.6 is 0 Å². The standard InChI is InChI=1S/C32H30/c1-21-5-12-25(13-6-21)30-20-28-18-11-24(4)19-29(28)31(26-14-7-22(2)8-15-26)32(30)27-16-9-23(3)10-17-27/h5-20,31-32H,1-4H3/t31-,32-/m1/s1. The molecule has 1 aliphatic rings. The first-order valence-electron chi connectivity index (χ1n) is 11.5. The molecule has 32 heavy (non-hydrogen) atoms. The second-order valence-corrected chi connectivity index (χ2v) is 9.37. The molecule has 0 unspecified atom stereocenters. The smallest absolute Gasteiger partial charge is 0.0205 e. The highest BCUT2D eigenvalue weighted by Gasteiger charge is 2.34. The highest BCUT2D eigenvalue weighted by atomic mass is 14.4. The summed E-state index contributed by atoms with van der Waals surface area (Å²) < 4.78 is 0. The Balaban J connectivity index is 1.79. The van der Waals surface area contributed by atoms with E-state index in [1.165, 1.54) is 55.6 Å². The highest BCUT2D eigenvalue weighted by molar-refractivity contribution is 5.90. The summed E-state index contributed by atoms with van der Waals surface area (Å²) in [5, 5.41) is 0. The molecule has 0 amide bonds. The van der Waals surface area contributed by atoms with Crippen LogP contribution in [0.1, 0.15) is 61.9 Å². The molecule has 0 heterocycles. The van der Waals surface area contributed by atoms with E-state index in [-0.39, 0.29) is 11.8 Å². The minimum atomic E-state index is 0.260. The van der Waals surface area contributed by atoms with Crippen molar-refractivity contribution in [2.45, 2.75) is 39.5 Å². The van der Waals surface area contributed by atoms with Gasteiger partial charge >= 0.3 is 0 Å². The molecule has 0 saturated heterocycles. The third kappa shape index (κ3) is 3.82. The summed E-state index contributed by atoms with van der Waals surface area (Å²) in [6.45, 7) is 8.69. The largest absolute Gasteiger partial charge is 0.0590 e. The second kappa shape index (κ2) is 8.28. The molecule has 0 N–H and O–H groups in total. The summed E-state index contributed by atoms with van der Waals surface area (Å²) in [5.41, 5.74) is 13.4. The fourth-order valence-corrected chi connectivity index (χ4v) is 5.01. The Kier molecular flexibility index (Phi) is 5.31. The van der Waals surface area contributed by atoms with E-state index in [2.05, 4.69) is 125 Å². The Hall–Kier alpha value is -3.38. The molecule has 0 spiro atoms. The van der Waals surface area contributed by atoms with Crippen LogP contribution in [0.3, 0.4) is 0 Å². The van der Waals surface area contributed by atoms with Crippen LogP contribution in [0.25, 0.3) is 11.6 Å². The second-order valence-electron chi connectivity index (χ2n) is 9.37. The first kappa shape index (κ1) is 20.5. The number of benzene rings is 4. The summed E-state index contributed by atoms with van der Waals surface area (Å²) in [7, 11) is 0. The lowest BCUT2D eigenvalue weighted by molar-refractivity contribution is 0.721. The summed E-state index contributed by atoms with van der Waals surface area (Å²) in [6, 6.07) is 34.3. The minimum absolute atomic E-state index is 0.260. The van der Waals surface area contributed by atoms with Crippen molar-refractivity contribution in [2.24, 2.45) is 0 Å². The van der Waals surface area contributed by atoms with E-state index < -0.39 is 0 Å². The summed E-state index contributed by atoms with van der Waals surface area (Å²) in [6.07, 6.45) is 2.43. The van der Waals surface area contributed by atoms with Gasteiger partial charge in [0, 0.05) is 11.8 Å². The molecule has 0 nitrogen and oxygen atoms in total. The van der Waals surface area contributed by atoms with Crippen LogP contribution in [0, 0.1) is 27.7 Å². The maximum absolute atomic E-state index is 2.43. The van der Waals surface area contributed by atoms with Gasteiger partial charge in [-0.2, -0.15) is 0 Å². The Bertz CT molecular complexity index is 1270. The lowest BCUT2D eigenvalue weighted by atomic mass is 9.67. The van der Waals surface area contributed by atoms with Crippen molar-refractivity contribution in [1.82, 2.24) is 0 Å². The molecule has 0 saturated carbocycles. The van der Waals surface area contributed by atoms with Gasteiger partial charge in [-0.05, 0) is 61.1 Å². The average Bonchev–Trinajstić information content (AvgIpc) is 2.80. The monoisotopic (exact) mass is 414 g/mol. The number of fused-ring (bicyclic) bond motifs is 1. The van der Waals surface area contributed by atoms with Crippen LogP contribution in [0.2, 0.25) is 0 Å². The van der Waals surface area contributed by atoms with Gasteiger partial charge in [-0.15, -0.1) is 0 Å². The number of hydrogen-bond donors (Lipinski definition) is 0. The maximum atomic E-state index is 2.43. The molecule has 4 aromatic rings. The van der Waals surface area contributed by atoms with E-state index in [9.17, 15) is 0 Å². The quantitative estimate of drug-likeness (QED) is 0.316. The summed E-state index contributed by atoms with van der Waals surface area (Å²) >= 11 is 0. The molecule has 2 atom stereocenters. The number of aryl methyl sites for hydroxylation is 4. The van der Waals surface area contributed by atoms with E-state index in [4.69, 9.17) is 0 Å². The molecule has 0 aliphatic heterocycles. The Labute approximate surface area is 192 Å². The maximum Gasteiger partial charge on any atom is 0.0205 e. The molecule has 5 rings (SSSR count). The van der Waals surface area contributed by atoms with Crippen molar-refractivity contribution < 1.29 is 0 Å². The minimum Gasteiger partial charge on any atom is -0.0590 e. The van der Waals surface area contributed by atoms with Crippen LogP contribution in [0.4, 0.5) is 0 Å². The first-order valence-corrected chi connectivity index (χ1v) is 11.5. The zero-order valence-corrected chi connectivity index (χ0v) is 19.4. The molecule has 0 fully saturated rings. The van der Waals surface area contributed by atoms with E-state index in [1.807, 2.05) is 0 Å². The van der Waals surface area contributed by atoms with Crippen LogP contribution in [0.15, 0.2) is 91.0 Å². The molecule has 0 bridgehead atoms. The predicted octanol–water partition coefficient (Wildman–Crippen LogP) is 8.39. The average molecular weight is 415 g/mol. The zero-order chi connectivity index (χ0) is 22.2. The van der Waals surface area contributed by atoms with E-state index in [1.54, 1.807) is 0 Å².